The summed E-state index contributed by atoms with van der Waals surface area (Å²) in [6.07, 6.45) is 0.480. The minimum atomic E-state index is -0.286. The molecule has 0 radical (unpaired) electrons. The molecule has 0 unspecified atom stereocenters. The number of aromatic amines is 1. The van der Waals surface area contributed by atoms with E-state index in [-0.39, 0.29) is 30.1 Å². The van der Waals surface area contributed by atoms with Crippen molar-refractivity contribution in [3.8, 4) is 11.4 Å². The van der Waals surface area contributed by atoms with Crippen LogP contribution < -0.4 is 10.9 Å². The number of H-pyrrole nitrogens is 1. The third kappa shape index (κ3) is 4.71. The molecule has 2 N–H and O–H groups in total. The molecule has 0 bridgehead atoms. The number of nitrogens with one attached hydrogen (secondary N) is 2. The first-order chi connectivity index (χ1) is 14.9. The molecule has 0 saturated heterocycles. The number of aromatic nitrogens is 3. The molecule has 7 nitrogen and oxygen atoms in total. The van der Waals surface area contributed by atoms with E-state index in [1.807, 2.05) is 49.4 Å². The Labute approximate surface area is 179 Å². The number of rotatable bonds is 6. The second kappa shape index (κ2) is 8.55. The molecule has 2 aromatic carbocycles. The highest BCUT2D eigenvalue weighted by atomic mass is 16.5. The van der Waals surface area contributed by atoms with Gasteiger partial charge in [0.05, 0.1) is 5.56 Å². The van der Waals surface area contributed by atoms with Crippen LogP contribution in [-0.2, 0) is 11.2 Å². The maximum absolute atomic E-state index is 12.4. The molecule has 2 aromatic heterocycles. The Hall–Kier alpha value is -3.74. The minimum absolute atomic E-state index is 0.143. The molecule has 0 aliphatic carbocycles. The van der Waals surface area contributed by atoms with Crippen molar-refractivity contribution in [1.82, 2.24) is 15.1 Å². The largest absolute Gasteiger partial charge is 0.339 e. The Morgan fingerprint density at radius 2 is 1.90 bits per heavy atom. The van der Waals surface area contributed by atoms with Gasteiger partial charge in [0.2, 0.25) is 17.6 Å². The van der Waals surface area contributed by atoms with E-state index >= 15 is 0 Å². The van der Waals surface area contributed by atoms with Gasteiger partial charge in [0.15, 0.2) is 0 Å². The lowest BCUT2D eigenvalue weighted by Crippen LogP contribution is -2.12. The zero-order chi connectivity index (χ0) is 22.0. The zero-order valence-corrected chi connectivity index (χ0v) is 17.7. The number of hydrogen-bond donors (Lipinski definition) is 2. The van der Waals surface area contributed by atoms with Crippen LogP contribution >= 0.6 is 0 Å². The van der Waals surface area contributed by atoms with Gasteiger partial charge in [0.1, 0.15) is 0 Å². The molecule has 0 fully saturated rings. The second-order valence-electron chi connectivity index (χ2n) is 7.94. The van der Waals surface area contributed by atoms with Crippen LogP contribution in [0.5, 0.6) is 0 Å². The summed E-state index contributed by atoms with van der Waals surface area (Å²) in [4.78, 5) is 31.8. The van der Waals surface area contributed by atoms with Crippen LogP contribution in [0.25, 0.3) is 22.3 Å². The zero-order valence-electron chi connectivity index (χ0n) is 17.7. The molecule has 0 aliphatic rings. The van der Waals surface area contributed by atoms with E-state index in [1.54, 1.807) is 6.07 Å². The Bertz CT molecular complexity index is 1290. The molecule has 0 aliphatic heterocycles. The first-order valence-corrected chi connectivity index (χ1v) is 10.3. The van der Waals surface area contributed by atoms with E-state index in [9.17, 15) is 9.59 Å². The number of hydrogen-bond acceptors (Lipinski definition) is 5. The molecule has 1 amide bonds. The lowest BCUT2D eigenvalue weighted by molar-refractivity contribution is -0.116. The number of amides is 1. The molecule has 4 rings (SSSR count). The van der Waals surface area contributed by atoms with Crippen molar-refractivity contribution in [3.63, 3.8) is 0 Å². The average Bonchev–Trinajstić information content (AvgIpc) is 3.21. The number of benzene rings is 2. The fourth-order valence-corrected chi connectivity index (χ4v) is 3.35. The monoisotopic (exact) mass is 416 g/mol. The summed E-state index contributed by atoms with van der Waals surface area (Å²) < 4.78 is 5.26. The van der Waals surface area contributed by atoms with Crippen LogP contribution in [0.4, 0.5) is 5.69 Å². The van der Waals surface area contributed by atoms with Crippen LogP contribution in [0.1, 0.15) is 43.2 Å². The van der Waals surface area contributed by atoms with Crippen molar-refractivity contribution in [3.05, 3.63) is 75.9 Å². The molecule has 0 saturated carbocycles. The highest BCUT2D eigenvalue weighted by molar-refractivity contribution is 5.90. The minimum Gasteiger partial charge on any atom is -0.339 e. The number of aryl methyl sites for hydroxylation is 2. The maximum atomic E-state index is 12.4. The van der Waals surface area contributed by atoms with E-state index in [0.29, 0.717) is 17.4 Å². The maximum Gasteiger partial charge on any atom is 0.259 e. The van der Waals surface area contributed by atoms with Gasteiger partial charge >= 0.3 is 0 Å². The van der Waals surface area contributed by atoms with Crippen LogP contribution in [0.3, 0.4) is 0 Å². The van der Waals surface area contributed by atoms with E-state index in [4.69, 9.17) is 4.52 Å². The summed E-state index contributed by atoms with van der Waals surface area (Å²) in [7, 11) is 0. The SMILES string of the molecule is Cc1ccc2[nH]c(=O)c(-c3noc(CCC(=O)Nc4ccc(C(C)C)cc4)n3)cc2c1. The van der Waals surface area contributed by atoms with Gasteiger partial charge in [-0.25, -0.2) is 0 Å². The van der Waals surface area contributed by atoms with Gasteiger partial charge in [0.25, 0.3) is 5.56 Å². The van der Waals surface area contributed by atoms with Gasteiger partial charge in [-0.3, -0.25) is 9.59 Å². The van der Waals surface area contributed by atoms with Gasteiger partial charge in [0, 0.05) is 24.0 Å². The summed E-state index contributed by atoms with van der Waals surface area (Å²) in [5.41, 5.74) is 3.85. The first-order valence-electron chi connectivity index (χ1n) is 10.3. The quantitative estimate of drug-likeness (QED) is 0.479. The molecule has 158 valence electrons. The molecular weight excluding hydrogens is 392 g/mol. The second-order valence-corrected chi connectivity index (χ2v) is 7.94. The third-order valence-electron chi connectivity index (χ3n) is 5.14. The summed E-state index contributed by atoms with van der Waals surface area (Å²) >= 11 is 0. The third-order valence-corrected chi connectivity index (χ3v) is 5.14. The van der Waals surface area contributed by atoms with Crippen molar-refractivity contribution < 1.29 is 9.32 Å². The van der Waals surface area contributed by atoms with E-state index in [2.05, 4.69) is 34.3 Å². The molecule has 4 aromatic rings. The van der Waals surface area contributed by atoms with Crippen molar-refractivity contribution in [2.45, 2.75) is 39.5 Å². The van der Waals surface area contributed by atoms with E-state index in [1.165, 1.54) is 5.56 Å². The standard InChI is InChI=1S/C24H24N4O3/c1-14(2)16-5-7-18(8-6-16)25-21(29)10-11-22-27-23(28-31-22)19-13-17-12-15(3)4-9-20(17)26-24(19)30/h4-9,12-14H,10-11H2,1-3H3,(H,25,29)(H,26,30). The number of carbonyl (C=O) groups excluding carboxylic acids is 1. The normalized spacial score (nSPS) is 11.2. The number of anilines is 1. The van der Waals surface area contributed by atoms with Gasteiger partial charge in [-0.15, -0.1) is 0 Å². The van der Waals surface area contributed by atoms with E-state index < -0.39 is 0 Å². The van der Waals surface area contributed by atoms with Crippen molar-refractivity contribution >= 4 is 22.5 Å². The molecule has 2 heterocycles. The average molecular weight is 416 g/mol. The van der Waals surface area contributed by atoms with Crippen molar-refractivity contribution in [1.29, 1.82) is 0 Å². The summed E-state index contributed by atoms with van der Waals surface area (Å²) in [5.74, 6) is 0.819. The summed E-state index contributed by atoms with van der Waals surface area (Å²) in [6.45, 7) is 6.23. The van der Waals surface area contributed by atoms with Crippen LogP contribution in [-0.4, -0.2) is 21.0 Å². The Morgan fingerprint density at radius 3 is 2.65 bits per heavy atom. The Morgan fingerprint density at radius 1 is 1.13 bits per heavy atom. The Balaban J connectivity index is 1.42. The number of nitrogens with zero attached hydrogens (tertiary/aromatic N) is 2. The number of pyridine rings is 1. The molecule has 0 atom stereocenters. The fourth-order valence-electron chi connectivity index (χ4n) is 3.35. The Kier molecular flexibility index (Phi) is 5.66. The number of carbonyl (C=O) groups is 1. The topological polar surface area (TPSA) is 101 Å². The molecule has 0 spiro atoms. The summed E-state index contributed by atoms with van der Waals surface area (Å²) in [5, 5.41) is 7.69. The van der Waals surface area contributed by atoms with E-state index in [0.717, 1.165) is 22.2 Å². The lowest BCUT2D eigenvalue weighted by atomic mass is 10.0. The van der Waals surface area contributed by atoms with Gasteiger partial charge in [-0.05, 0) is 54.1 Å². The number of fused-ring (bicyclic) bond motifs is 1. The predicted octanol–water partition coefficient (Wildman–Crippen LogP) is 4.58. The smallest absolute Gasteiger partial charge is 0.259 e. The molecular formula is C24H24N4O3. The van der Waals surface area contributed by atoms with Gasteiger partial charge in [-0.1, -0.05) is 42.8 Å². The van der Waals surface area contributed by atoms with Crippen molar-refractivity contribution in [2.75, 3.05) is 5.32 Å². The van der Waals surface area contributed by atoms with Crippen LogP contribution in [0.2, 0.25) is 0 Å². The molecule has 31 heavy (non-hydrogen) atoms. The van der Waals surface area contributed by atoms with Crippen LogP contribution in [0, 0.1) is 6.92 Å². The fraction of sp³-hybridized carbons (Fsp3) is 0.250. The summed E-state index contributed by atoms with van der Waals surface area (Å²) in [6, 6.07) is 15.3. The van der Waals surface area contributed by atoms with Gasteiger partial charge < -0.3 is 14.8 Å². The van der Waals surface area contributed by atoms with Crippen molar-refractivity contribution in [2.24, 2.45) is 0 Å². The lowest BCUT2D eigenvalue weighted by Gasteiger charge is -2.08. The molecule has 7 heteroatoms. The van der Waals surface area contributed by atoms with Gasteiger partial charge in [-0.2, -0.15) is 4.98 Å². The predicted molar refractivity (Wildman–Crippen MR) is 120 cm³/mol. The van der Waals surface area contributed by atoms with Crippen LogP contribution in [0.15, 0.2) is 57.8 Å². The highest BCUT2D eigenvalue weighted by Crippen LogP contribution is 2.20. The highest BCUT2D eigenvalue weighted by Gasteiger charge is 2.14. The first kappa shape index (κ1) is 20.5.